The lowest BCUT2D eigenvalue weighted by Gasteiger charge is -2.37. The lowest BCUT2D eigenvalue weighted by Crippen LogP contribution is -2.47. The largest absolute Gasteiger partial charge is 0.439 e. The van der Waals surface area contributed by atoms with Gasteiger partial charge in [-0.1, -0.05) is 6.92 Å². The number of ether oxygens (including phenoxy) is 1. The van der Waals surface area contributed by atoms with Crippen molar-refractivity contribution in [1.29, 1.82) is 5.26 Å². The van der Waals surface area contributed by atoms with E-state index in [2.05, 4.69) is 11.1 Å². The van der Waals surface area contributed by atoms with Gasteiger partial charge in [0.1, 0.15) is 5.75 Å². The number of carbonyl (C=O) groups excluding carboxylic acids is 1. The molecule has 0 aliphatic heterocycles. The van der Waals surface area contributed by atoms with Gasteiger partial charge in [-0.3, -0.25) is 4.79 Å². The number of carbonyl (C=O) groups is 1. The van der Waals surface area contributed by atoms with E-state index in [1.54, 1.807) is 29.2 Å². The van der Waals surface area contributed by atoms with Crippen LogP contribution in [0.1, 0.15) is 49.5 Å². The van der Waals surface area contributed by atoms with Crippen LogP contribution < -0.4 is 4.74 Å². The second kappa shape index (κ2) is 8.95. The minimum absolute atomic E-state index is 0.0137. The molecule has 0 N–H and O–H groups in total. The van der Waals surface area contributed by atoms with Crippen molar-refractivity contribution in [3.63, 3.8) is 0 Å². The third-order valence-electron chi connectivity index (χ3n) is 4.68. The molecule has 0 saturated heterocycles. The summed E-state index contributed by atoms with van der Waals surface area (Å²) in [5.74, 6) is 0.151. The van der Waals surface area contributed by atoms with Crippen molar-refractivity contribution in [1.82, 2.24) is 9.88 Å². The summed E-state index contributed by atoms with van der Waals surface area (Å²) >= 11 is 0. The molecule has 2 rings (SSSR count). The molecular weight excluding hydrogens is 383 g/mol. The molecule has 8 heteroatoms. The summed E-state index contributed by atoms with van der Waals surface area (Å²) in [5.41, 5.74) is -0.841. The zero-order valence-electron chi connectivity index (χ0n) is 16.5. The molecule has 0 saturated carbocycles. The molecule has 0 aliphatic carbocycles. The van der Waals surface area contributed by atoms with Gasteiger partial charge in [-0.25, -0.2) is 4.98 Å². The van der Waals surface area contributed by atoms with E-state index < -0.39 is 17.3 Å². The molecule has 0 radical (unpaired) electrons. The lowest BCUT2D eigenvalue weighted by molar-refractivity contribution is -0.137. The SMILES string of the molecule is CCC(C)(C)N(CCC#N)C(=O)c1ccc(Oc2ccc(C(F)(F)F)cn2)cc1. The van der Waals surface area contributed by atoms with E-state index in [4.69, 9.17) is 10.00 Å². The molecule has 154 valence electrons. The zero-order valence-corrected chi connectivity index (χ0v) is 16.5. The summed E-state index contributed by atoms with van der Waals surface area (Å²) in [6.07, 6.45) is -2.80. The quantitative estimate of drug-likeness (QED) is 0.615. The summed E-state index contributed by atoms with van der Waals surface area (Å²) in [5, 5.41) is 8.87. The second-order valence-electron chi connectivity index (χ2n) is 7.04. The van der Waals surface area contributed by atoms with Crippen molar-refractivity contribution < 1.29 is 22.7 Å². The fourth-order valence-electron chi connectivity index (χ4n) is 2.58. The van der Waals surface area contributed by atoms with Crippen molar-refractivity contribution in [3.05, 3.63) is 53.7 Å². The monoisotopic (exact) mass is 405 g/mol. The first-order valence-corrected chi connectivity index (χ1v) is 9.08. The fourth-order valence-corrected chi connectivity index (χ4v) is 2.58. The number of pyridine rings is 1. The molecule has 0 unspecified atom stereocenters. The Bertz CT molecular complexity index is 870. The first-order chi connectivity index (χ1) is 13.6. The van der Waals surface area contributed by atoms with Crippen molar-refractivity contribution in [2.45, 2.75) is 45.3 Å². The predicted molar refractivity (Wildman–Crippen MR) is 101 cm³/mol. The minimum Gasteiger partial charge on any atom is -0.439 e. The van der Waals surface area contributed by atoms with E-state index in [1.807, 2.05) is 20.8 Å². The Hall–Kier alpha value is -3.08. The van der Waals surface area contributed by atoms with Gasteiger partial charge in [0.15, 0.2) is 0 Å². The van der Waals surface area contributed by atoms with Gasteiger partial charge in [-0.2, -0.15) is 18.4 Å². The fraction of sp³-hybridized carbons (Fsp3) is 0.381. The summed E-state index contributed by atoms with van der Waals surface area (Å²) in [6, 6.07) is 10.3. The van der Waals surface area contributed by atoms with Crippen molar-refractivity contribution in [2.75, 3.05) is 6.54 Å². The van der Waals surface area contributed by atoms with Gasteiger partial charge in [-0.05, 0) is 50.6 Å². The third kappa shape index (κ3) is 5.70. The Morgan fingerprint density at radius 1 is 1.17 bits per heavy atom. The van der Waals surface area contributed by atoms with Gasteiger partial charge < -0.3 is 9.64 Å². The summed E-state index contributed by atoms with van der Waals surface area (Å²) in [6.45, 7) is 6.18. The Kier molecular flexibility index (Phi) is 6.85. The number of alkyl halides is 3. The molecule has 1 aromatic heterocycles. The summed E-state index contributed by atoms with van der Waals surface area (Å²) in [7, 11) is 0. The van der Waals surface area contributed by atoms with Crippen LogP contribution in [0.2, 0.25) is 0 Å². The highest BCUT2D eigenvalue weighted by Gasteiger charge is 2.31. The van der Waals surface area contributed by atoms with E-state index in [0.29, 0.717) is 24.1 Å². The second-order valence-corrected chi connectivity index (χ2v) is 7.04. The summed E-state index contributed by atoms with van der Waals surface area (Å²) < 4.78 is 43.2. The van der Waals surface area contributed by atoms with Gasteiger partial charge in [0, 0.05) is 29.9 Å². The van der Waals surface area contributed by atoms with Gasteiger partial charge in [0.05, 0.1) is 18.1 Å². The van der Waals surface area contributed by atoms with E-state index in [-0.39, 0.29) is 18.2 Å². The van der Waals surface area contributed by atoms with Crippen LogP contribution in [0.15, 0.2) is 42.6 Å². The number of hydrogen-bond acceptors (Lipinski definition) is 4. The molecule has 0 bridgehead atoms. The average Bonchev–Trinajstić information content (AvgIpc) is 2.68. The number of benzene rings is 1. The van der Waals surface area contributed by atoms with Crippen LogP contribution >= 0.6 is 0 Å². The maximum Gasteiger partial charge on any atom is 0.417 e. The number of nitriles is 1. The van der Waals surface area contributed by atoms with Crippen LogP contribution in [0.4, 0.5) is 13.2 Å². The standard InChI is InChI=1S/C21H22F3N3O2/c1-4-20(2,3)27(13-5-12-25)19(28)15-6-9-17(10-7-15)29-18-11-8-16(14-26-18)21(22,23)24/h6-11,14H,4-5,13H2,1-3H3. The van der Waals surface area contributed by atoms with Crippen molar-refractivity contribution in [2.24, 2.45) is 0 Å². The highest BCUT2D eigenvalue weighted by atomic mass is 19.4. The normalized spacial score (nSPS) is 11.6. The van der Waals surface area contributed by atoms with E-state index in [0.717, 1.165) is 18.6 Å². The number of amides is 1. The van der Waals surface area contributed by atoms with Gasteiger partial charge >= 0.3 is 6.18 Å². The molecule has 29 heavy (non-hydrogen) atoms. The van der Waals surface area contributed by atoms with Crippen molar-refractivity contribution in [3.8, 4) is 17.7 Å². The van der Waals surface area contributed by atoms with Crippen LogP contribution in [0.25, 0.3) is 0 Å². The van der Waals surface area contributed by atoms with Crippen molar-refractivity contribution >= 4 is 5.91 Å². The summed E-state index contributed by atoms with van der Waals surface area (Å²) in [4.78, 5) is 18.2. The molecular formula is C21H22F3N3O2. The number of halogens is 3. The Balaban J connectivity index is 2.14. The molecule has 0 atom stereocenters. The third-order valence-corrected chi connectivity index (χ3v) is 4.68. The number of rotatable bonds is 7. The van der Waals surface area contributed by atoms with E-state index in [1.165, 1.54) is 0 Å². The number of aromatic nitrogens is 1. The Morgan fingerprint density at radius 3 is 2.31 bits per heavy atom. The topological polar surface area (TPSA) is 66.2 Å². The molecule has 1 heterocycles. The van der Waals surface area contributed by atoms with Crippen LogP contribution in [0.5, 0.6) is 11.6 Å². The lowest BCUT2D eigenvalue weighted by atomic mass is 9.97. The first-order valence-electron chi connectivity index (χ1n) is 9.08. The predicted octanol–water partition coefficient (Wildman–Crippen LogP) is 5.44. The van der Waals surface area contributed by atoms with Gasteiger partial charge in [0.2, 0.25) is 5.88 Å². The molecule has 1 aromatic carbocycles. The molecule has 0 aliphatic rings. The maximum atomic E-state index is 12.9. The van der Waals surface area contributed by atoms with Crippen LogP contribution in [-0.2, 0) is 6.18 Å². The molecule has 1 amide bonds. The Morgan fingerprint density at radius 2 is 1.83 bits per heavy atom. The van der Waals surface area contributed by atoms with Gasteiger partial charge in [-0.15, -0.1) is 0 Å². The van der Waals surface area contributed by atoms with E-state index in [9.17, 15) is 18.0 Å². The van der Waals surface area contributed by atoms with Crippen LogP contribution in [0, 0.1) is 11.3 Å². The zero-order chi connectivity index (χ0) is 21.7. The van der Waals surface area contributed by atoms with E-state index >= 15 is 0 Å². The molecule has 0 fully saturated rings. The number of nitrogens with zero attached hydrogens (tertiary/aromatic N) is 3. The minimum atomic E-state index is -4.46. The first kappa shape index (κ1) is 22.2. The van der Waals surface area contributed by atoms with Gasteiger partial charge in [0.25, 0.3) is 5.91 Å². The average molecular weight is 405 g/mol. The molecule has 5 nitrogen and oxygen atoms in total. The maximum absolute atomic E-state index is 12.9. The smallest absolute Gasteiger partial charge is 0.417 e. The number of hydrogen-bond donors (Lipinski definition) is 0. The Labute approximate surface area is 167 Å². The highest BCUT2D eigenvalue weighted by molar-refractivity contribution is 5.94. The molecule has 2 aromatic rings. The highest BCUT2D eigenvalue weighted by Crippen LogP contribution is 2.30. The van der Waals surface area contributed by atoms with Crippen LogP contribution in [0.3, 0.4) is 0 Å². The van der Waals surface area contributed by atoms with Crippen LogP contribution in [-0.4, -0.2) is 27.9 Å². The molecule has 0 spiro atoms.